The minimum atomic E-state index is -0.454. The van der Waals surface area contributed by atoms with Gasteiger partial charge in [-0.2, -0.15) is 0 Å². The third kappa shape index (κ3) is 1.58. The van der Waals surface area contributed by atoms with Gasteiger partial charge in [-0.3, -0.25) is 14.6 Å². The highest BCUT2D eigenvalue weighted by Gasteiger charge is 2.49. The smallest absolute Gasteiger partial charge is 0.149 e. The van der Waals surface area contributed by atoms with E-state index in [2.05, 4.69) is 20.9 Å². The van der Waals surface area contributed by atoms with E-state index in [1.807, 2.05) is 6.07 Å². The molecule has 3 nitrogen and oxygen atoms in total. The number of carbonyl (C=O) groups is 2. The lowest BCUT2D eigenvalue weighted by Gasteiger charge is -2.31. The van der Waals surface area contributed by atoms with E-state index in [0.717, 1.165) is 15.7 Å². The number of carbonyl (C=O) groups excluding carboxylic acids is 2. The van der Waals surface area contributed by atoms with Crippen molar-refractivity contribution in [3.05, 3.63) is 28.0 Å². The van der Waals surface area contributed by atoms with Gasteiger partial charge in [-0.25, -0.2) is 0 Å². The first-order valence-corrected chi connectivity index (χ1v) is 6.61. The number of fused-ring (bicyclic) bond motifs is 2. The second-order valence-electron chi connectivity index (χ2n) is 4.88. The molecule has 4 heteroatoms. The Balaban J connectivity index is 2.07. The lowest BCUT2D eigenvalue weighted by molar-refractivity contribution is -0.127. The summed E-state index contributed by atoms with van der Waals surface area (Å²) in [5.74, 6) is 0.514. The number of ketones is 2. The van der Waals surface area contributed by atoms with Crippen molar-refractivity contribution in [1.82, 2.24) is 4.98 Å². The van der Waals surface area contributed by atoms with E-state index in [0.29, 0.717) is 32.1 Å². The highest BCUT2D eigenvalue weighted by atomic mass is 79.9. The van der Waals surface area contributed by atoms with Crippen molar-refractivity contribution in [2.45, 2.75) is 37.5 Å². The summed E-state index contributed by atoms with van der Waals surface area (Å²) in [5, 5.41) is 0. The fourth-order valence-corrected chi connectivity index (χ4v) is 3.37. The molecule has 1 saturated carbocycles. The molecule has 3 rings (SSSR count). The molecule has 0 atom stereocenters. The second-order valence-corrected chi connectivity index (χ2v) is 5.80. The molecule has 0 radical (unpaired) electrons. The molecular weight excluding hydrogens is 282 g/mol. The average molecular weight is 294 g/mol. The fourth-order valence-electron chi connectivity index (χ4n) is 2.99. The molecule has 2 aliphatic rings. The summed E-state index contributed by atoms with van der Waals surface area (Å²) in [5.41, 5.74) is 1.49. The van der Waals surface area contributed by atoms with Crippen molar-refractivity contribution in [3.63, 3.8) is 0 Å². The van der Waals surface area contributed by atoms with Crippen LogP contribution in [0, 0.1) is 0 Å². The summed E-state index contributed by atoms with van der Waals surface area (Å²) in [4.78, 5) is 28.0. The van der Waals surface area contributed by atoms with Gasteiger partial charge in [-0.1, -0.05) is 0 Å². The maximum Gasteiger partial charge on any atom is 0.149 e. The van der Waals surface area contributed by atoms with Crippen LogP contribution in [0.3, 0.4) is 0 Å². The zero-order valence-corrected chi connectivity index (χ0v) is 10.9. The summed E-state index contributed by atoms with van der Waals surface area (Å²) < 4.78 is 0.910. The van der Waals surface area contributed by atoms with Crippen molar-refractivity contribution in [3.8, 4) is 0 Å². The Bertz CT molecular complexity index is 514. The molecule has 0 aromatic carbocycles. The highest BCUT2D eigenvalue weighted by Crippen LogP contribution is 2.45. The zero-order valence-electron chi connectivity index (χ0n) is 9.33. The van der Waals surface area contributed by atoms with E-state index in [1.165, 1.54) is 0 Å². The lowest BCUT2D eigenvalue weighted by atomic mass is 9.71. The third-order valence-corrected chi connectivity index (χ3v) is 4.37. The van der Waals surface area contributed by atoms with E-state index in [4.69, 9.17) is 0 Å². The van der Waals surface area contributed by atoms with Gasteiger partial charge in [0.25, 0.3) is 0 Å². The third-order valence-electron chi connectivity index (χ3n) is 3.93. The van der Waals surface area contributed by atoms with Crippen molar-refractivity contribution >= 4 is 27.5 Å². The summed E-state index contributed by atoms with van der Waals surface area (Å²) >= 11 is 3.38. The van der Waals surface area contributed by atoms with Gasteiger partial charge in [0.05, 0.1) is 11.1 Å². The number of halogens is 1. The molecule has 0 saturated heterocycles. The van der Waals surface area contributed by atoms with Crippen molar-refractivity contribution in [2.75, 3.05) is 0 Å². The Kier molecular flexibility index (Phi) is 2.43. The second kappa shape index (κ2) is 3.73. The quantitative estimate of drug-likeness (QED) is 0.738. The van der Waals surface area contributed by atoms with Crippen LogP contribution in [-0.4, -0.2) is 16.6 Å². The highest BCUT2D eigenvalue weighted by molar-refractivity contribution is 9.10. The molecule has 0 N–H and O–H groups in total. The van der Waals surface area contributed by atoms with Crippen molar-refractivity contribution in [1.29, 1.82) is 0 Å². The average Bonchev–Trinajstić information content (AvgIpc) is 2.55. The van der Waals surface area contributed by atoms with Gasteiger partial charge in [0, 0.05) is 29.9 Å². The molecule has 1 aromatic rings. The van der Waals surface area contributed by atoms with Gasteiger partial charge in [0.1, 0.15) is 11.6 Å². The van der Waals surface area contributed by atoms with Crippen molar-refractivity contribution < 1.29 is 9.59 Å². The van der Waals surface area contributed by atoms with Gasteiger partial charge in [-0.05, 0) is 40.4 Å². The van der Waals surface area contributed by atoms with Crippen LogP contribution in [0.1, 0.15) is 36.9 Å². The van der Waals surface area contributed by atoms with Gasteiger partial charge in [0.2, 0.25) is 0 Å². The number of rotatable bonds is 0. The first-order valence-electron chi connectivity index (χ1n) is 5.82. The van der Waals surface area contributed by atoms with Gasteiger partial charge < -0.3 is 0 Å². The van der Waals surface area contributed by atoms with Crippen LogP contribution in [0.5, 0.6) is 0 Å². The number of hydrogen-bond donors (Lipinski definition) is 0. The molecule has 1 fully saturated rings. The van der Waals surface area contributed by atoms with Crippen LogP contribution >= 0.6 is 15.9 Å². The molecule has 0 unspecified atom stereocenters. The summed E-state index contributed by atoms with van der Waals surface area (Å²) in [6.07, 6.45) is 4.54. The normalized spacial score (nSPS) is 21.9. The van der Waals surface area contributed by atoms with Crippen LogP contribution < -0.4 is 0 Å². The van der Waals surface area contributed by atoms with E-state index < -0.39 is 5.41 Å². The Morgan fingerprint density at radius 2 is 1.94 bits per heavy atom. The van der Waals surface area contributed by atoms with Crippen LogP contribution in [-0.2, 0) is 21.4 Å². The summed E-state index contributed by atoms with van der Waals surface area (Å²) in [6.45, 7) is 0. The minimum absolute atomic E-state index is 0.241. The number of pyridine rings is 1. The fraction of sp³-hybridized carbons (Fsp3) is 0.462. The Morgan fingerprint density at radius 3 is 2.65 bits per heavy atom. The molecule has 1 spiro atoms. The largest absolute Gasteiger partial charge is 0.300 e. The van der Waals surface area contributed by atoms with Crippen LogP contribution in [0.2, 0.25) is 0 Å². The number of hydrogen-bond acceptors (Lipinski definition) is 3. The maximum absolute atomic E-state index is 12.3. The predicted octanol–water partition coefficient (Wildman–Crippen LogP) is 2.35. The Morgan fingerprint density at radius 1 is 1.24 bits per heavy atom. The Labute approximate surface area is 108 Å². The molecule has 88 valence electrons. The first-order chi connectivity index (χ1) is 8.12. The number of aromatic nitrogens is 1. The molecule has 1 heterocycles. The molecule has 0 aliphatic heterocycles. The van der Waals surface area contributed by atoms with Crippen LogP contribution in [0.15, 0.2) is 16.7 Å². The predicted molar refractivity (Wildman–Crippen MR) is 65.8 cm³/mol. The maximum atomic E-state index is 12.3. The SMILES string of the molecule is O=C1CCC2(CC1)C(=O)Cc1cc(Br)cnc12. The van der Waals surface area contributed by atoms with Crippen molar-refractivity contribution in [2.24, 2.45) is 0 Å². The van der Waals surface area contributed by atoms with E-state index in [-0.39, 0.29) is 11.6 Å². The van der Waals surface area contributed by atoms with Crippen LogP contribution in [0.25, 0.3) is 0 Å². The molecule has 17 heavy (non-hydrogen) atoms. The standard InChI is InChI=1S/C13H12BrNO2/c14-9-5-8-6-11(17)13(12(8)15-7-9)3-1-10(16)2-4-13/h5,7H,1-4,6H2. The molecule has 1 aromatic heterocycles. The van der Waals surface area contributed by atoms with Gasteiger partial charge >= 0.3 is 0 Å². The summed E-state index contributed by atoms with van der Waals surface area (Å²) in [7, 11) is 0. The van der Waals surface area contributed by atoms with Gasteiger partial charge in [0.15, 0.2) is 0 Å². The topological polar surface area (TPSA) is 47.0 Å². The van der Waals surface area contributed by atoms with E-state index in [1.54, 1.807) is 6.20 Å². The minimum Gasteiger partial charge on any atom is -0.300 e. The molecule has 2 aliphatic carbocycles. The van der Waals surface area contributed by atoms with E-state index >= 15 is 0 Å². The van der Waals surface area contributed by atoms with Crippen LogP contribution in [0.4, 0.5) is 0 Å². The zero-order chi connectivity index (χ0) is 12.0. The first kappa shape index (κ1) is 11.1. The number of nitrogens with zero attached hydrogens (tertiary/aromatic N) is 1. The molecular formula is C13H12BrNO2. The number of Topliss-reactive ketones (excluding diaryl/α,β-unsaturated/α-hetero) is 2. The monoisotopic (exact) mass is 293 g/mol. The van der Waals surface area contributed by atoms with E-state index in [9.17, 15) is 9.59 Å². The molecule has 0 amide bonds. The van der Waals surface area contributed by atoms with Gasteiger partial charge in [-0.15, -0.1) is 0 Å². The lowest BCUT2D eigenvalue weighted by Crippen LogP contribution is -2.37. The molecule has 0 bridgehead atoms. The Hall–Kier alpha value is -1.03. The summed E-state index contributed by atoms with van der Waals surface area (Å²) in [6, 6.07) is 1.98.